The molecule has 0 saturated carbocycles. The van der Waals surface area contributed by atoms with Crippen molar-refractivity contribution >= 4 is 0 Å². The van der Waals surface area contributed by atoms with Crippen LogP contribution in [0.1, 0.15) is 99.3 Å². The van der Waals surface area contributed by atoms with E-state index in [1.54, 1.807) is 0 Å². The van der Waals surface area contributed by atoms with Crippen LogP contribution in [0.15, 0.2) is 0 Å². The van der Waals surface area contributed by atoms with Gasteiger partial charge in [0.25, 0.3) is 0 Å². The molecule has 0 fully saturated rings. The van der Waals surface area contributed by atoms with E-state index in [9.17, 15) is 0 Å². The van der Waals surface area contributed by atoms with Crippen molar-refractivity contribution in [3.63, 3.8) is 0 Å². The fourth-order valence-electron chi connectivity index (χ4n) is 2.74. The van der Waals surface area contributed by atoms with E-state index in [-0.39, 0.29) is 0 Å². The Kier molecular flexibility index (Phi) is 11.6. The molecule has 0 aliphatic carbocycles. The molecular weight excluding hydrogens is 242 g/mol. The second kappa shape index (κ2) is 11.6. The zero-order valence-corrected chi connectivity index (χ0v) is 15.2. The average molecular weight is 284 g/mol. The third-order valence-electron chi connectivity index (χ3n) is 4.40. The zero-order chi connectivity index (χ0) is 15.4. The van der Waals surface area contributed by atoms with Gasteiger partial charge in [-0.2, -0.15) is 0 Å². The molecule has 20 heavy (non-hydrogen) atoms. The summed E-state index contributed by atoms with van der Waals surface area (Å²) in [6.45, 7) is 15.1. The van der Waals surface area contributed by atoms with Gasteiger partial charge in [-0.05, 0) is 24.3 Å². The normalized spacial score (nSPS) is 13.9. The third kappa shape index (κ3) is 11.8. The number of unbranched alkanes of at least 4 members (excludes halogenated alkanes) is 7. The molecule has 1 unspecified atom stereocenters. The quantitative estimate of drug-likeness (QED) is 0.422. The van der Waals surface area contributed by atoms with Crippen molar-refractivity contribution in [1.29, 1.82) is 0 Å². The van der Waals surface area contributed by atoms with Gasteiger partial charge in [0.15, 0.2) is 0 Å². The van der Waals surface area contributed by atoms with Crippen LogP contribution in [0.2, 0.25) is 0 Å². The first-order valence-electron chi connectivity index (χ1n) is 9.11. The van der Waals surface area contributed by atoms with Crippen molar-refractivity contribution in [2.45, 2.75) is 105 Å². The highest BCUT2D eigenvalue weighted by Gasteiger charge is 2.23. The summed E-state index contributed by atoms with van der Waals surface area (Å²) < 4.78 is 0. The second-order valence-corrected chi connectivity index (χ2v) is 7.89. The van der Waals surface area contributed by atoms with Crippen LogP contribution in [0.25, 0.3) is 0 Å². The van der Waals surface area contributed by atoms with Gasteiger partial charge in [-0.25, -0.2) is 0 Å². The molecule has 0 amide bonds. The highest BCUT2D eigenvalue weighted by Crippen LogP contribution is 2.30. The van der Waals surface area contributed by atoms with Gasteiger partial charge in [-0.3, -0.25) is 0 Å². The Morgan fingerprint density at radius 3 is 1.75 bits per heavy atom. The molecule has 1 heteroatoms. The number of hydrogen-bond donors (Lipinski definition) is 1. The Morgan fingerprint density at radius 1 is 0.800 bits per heavy atom. The van der Waals surface area contributed by atoms with E-state index in [2.05, 4.69) is 46.9 Å². The van der Waals surface area contributed by atoms with Crippen molar-refractivity contribution in [2.75, 3.05) is 6.54 Å². The third-order valence-corrected chi connectivity index (χ3v) is 4.40. The molecule has 122 valence electrons. The highest BCUT2D eigenvalue weighted by atomic mass is 14.9. The summed E-state index contributed by atoms with van der Waals surface area (Å²) in [6.07, 6.45) is 12.8. The van der Waals surface area contributed by atoms with E-state index >= 15 is 0 Å². The van der Waals surface area contributed by atoms with Gasteiger partial charge < -0.3 is 5.32 Å². The predicted octanol–water partition coefficient (Wildman–Crippen LogP) is 6.18. The van der Waals surface area contributed by atoms with Crippen LogP contribution in [-0.4, -0.2) is 12.6 Å². The lowest BCUT2D eigenvalue weighted by Crippen LogP contribution is -2.35. The maximum absolute atomic E-state index is 3.63. The minimum absolute atomic E-state index is 0.434. The summed E-state index contributed by atoms with van der Waals surface area (Å²) in [5.41, 5.74) is 0.434. The summed E-state index contributed by atoms with van der Waals surface area (Å²) in [6, 6.07) is 0.610. The molecule has 0 spiro atoms. The summed E-state index contributed by atoms with van der Waals surface area (Å²) >= 11 is 0. The van der Waals surface area contributed by atoms with Gasteiger partial charge >= 0.3 is 0 Å². The zero-order valence-electron chi connectivity index (χ0n) is 15.2. The maximum Gasteiger partial charge on any atom is 0.00104 e. The molecule has 0 aromatic rings. The van der Waals surface area contributed by atoms with Crippen LogP contribution in [-0.2, 0) is 0 Å². The van der Waals surface area contributed by atoms with Crippen LogP contribution in [0.5, 0.6) is 0 Å². The first-order valence-corrected chi connectivity index (χ1v) is 9.11. The minimum Gasteiger partial charge on any atom is -0.314 e. The van der Waals surface area contributed by atoms with Crippen LogP contribution >= 0.6 is 0 Å². The molecular formula is C19H41N. The fourth-order valence-corrected chi connectivity index (χ4v) is 2.74. The van der Waals surface area contributed by atoms with Crippen LogP contribution < -0.4 is 5.32 Å². The summed E-state index contributed by atoms with van der Waals surface area (Å²) in [5.74, 6) is 0.810. The van der Waals surface area contributed by atoms with Gasteiger partial charge in [-0.15, -0.1) is 0 Å². The lowest BCUT2D eigenvalue weighted by molar-refractivity contribution is 0.209. The molecule has 0 saturated heterocycles. The Morgan fingerprint density at radius 2 is 1.30 bits per heavy atom. The SMILES string of the molecule is CCCCCCCCCCC(CNC(C)C)C(C)(C)C. The van der Waals surface area contributed by atoms with E-state index in [1.165, 1.54) is 64.3 Å². The standard InChI is InChI=1S/C19H41N/c1-7-8-9-10-11-12-13-14-15-18(19(4,5)6)16-20-17(2)3/h17-18,20H,7-16H2,1-6H3. The van der Waals surface area contributed by atoms with Gasteiger partial charge in [0, 0.05) is 6.04 Å². The lowest BCUT2D eigenvalue weighted by Gasteiger charge is -2.32. The maximum atomic E-state index is 3.63. The highest BCUT2D eigenvalue weighted by molar-refractivity contribution is 4.76. The molecule has 0 rings (SSSR count). The van der Waals surface area contributed by atoms with Crippen LogP contribution in [0.4, 0.5) is 0 Å². The van der Waals surface area contributed by atoms with Crippen molar-refractivity contribution < 1.29 is 0 Å². The van der Waals surface area contributed by atoms with Crippen molar-refractivity contribution in [2.24, 2.45) is 11.3 Å². The first kappa shape index (κ1) is 20.0. The smallest absolute Gasteiger partial charge is 0.00104 e. The summed E-state index contributed by atoms with van der Waals surface area (Å²) in [4.78, 5) is 0. The van der Waals surface area contributed by atoms with Gasteiger partial charge in [0.1, 0.15) is 0 Å². The first-order chi connectivity index (χ1) is 9.38. The lowest BCUT2D eigenvalue weighted by atomic mass is 9.77. The molecule has 1 nitrogen and oxygen atoms in total. The summed E-state index contributed by atoms with van der Waals surface area (Å²) in [5, 5.41) is 3.63. The Labute approximate surface area is 129 Å². The molecule has 1 N–H and O–H groups in total. The molecule has 1 atom stereocenters. The van der Waals surface area contributed by atoms with Crippen molar-refractivity contribution in [1.82, 2.24) is 5.32 Å². The van der Waals surface area contributed by atoms with Gasteiger partial charge in [0.2, 0.25) is 0 Å². The van der Waals surface area contributed by atoms with Gasteiger partial charge in [0.05, 0.1) is 0 Å². The Balaban J connectivity index is 3.69. The van der Waals surface area contributed by atoms with Crippen LogP contribution in [0, 0.1) is 11.3 Å². The Bertz CT molecular complexity index is 202. The molecule has 0 aromatic carbocycles. The molecule has 0 aliphatic rings. The van der Waals surface area contributed by atoms with Crippen LogP contribution in [0.3, 0.4) is 0 Å². The fraction of sp³-hybridized carbons (Fsp3) is 1.00. The average Bonchev–Trinajstić information content (AvgIpc) is 2.34. The van der Waals surface area contributed by atoms with Gasteiger partial charge in [-0.1, -0.05) is 92.9 Å². The molecule has 0 aromatic heterocycles. The predicted molar refractivity (Wildman–Crippen MR) is 93.3 cm³/mol. The second-order valence-electron chi connectivity index (χ2n) is 7.89. The van der Waals surface area contributed by atoms with E-state index in [4.69, 9.17) is 0 Å². The van der Waals surface area contributed by atoms with E-state index in [0.717, 1.165) is 5.92 Å². The topological polar surface area (TPSA) is 12.0 Å². The minimum atomic E-state index is 0.434. The van der Waals surface area contributed by atoms with Crippen molar-refractivity contribution in [3.05, 3.63) is 0 Å². The number of nitrogens with one attached hydrogen (secondary N) is 1. The van der Waals surface area contributed by atoms with E-state index in [1.807, 2.05) is 0 Å². The molecule has 0 aliphatic heterocycles. The van der Waals surface area contributed by atoms with Crippen molar-refractivity contribution in [3.8, 4) is 0 Å². The monoisotopic (exact) mass is 283 g/mol. The largest absolute Gasteiger partial charge is 0.314 e. The Hall–Kier alpha value is -0.0400. The summed E-state index contributed by atoms with van der Waals surface area (Å²) in [7, 11) is 0. The number of hydrogen-bond acceptors (Lipinski definition) is 1. The molecule has 0 bridgehead atoms. The number of rotatable bonds is 12. The van der Waals surface area contributed by atoms with E-state index < -0.39 is 0 Å². The molecule has 0 heterocycles. The molecule has 0 radical (unpaired) electrons. The van der Waals surface area contributed by atoms with E-state index in [0.29, 0.717) is 11.5 Å².